The molecule has 1 aliphatic heterocycles. The molecule has 0 amide bonds. The molecule has 0 aromatic heterocycles. The molecule has 24 heavy (non-hydrogen) atoms. The van der Waals surface area contributed by atoms with Gasteiger partial charge in [-0.2, -0.15) is 0 Å². The monoisotopic (exact) mass is 334 g/mol. The summed E-state index contributed by atoms with van der Waals surface area (Å²) in [6.07, 6.45) is 2.72. The first-order valence-electron chi connectivity index (χ1n) is 8.48. The second-order valence-corrected chi connectivity index (χ2v) is 7.24. The van der Waals surface area contributed by atoms with E-state index in [1.54, 1.807) is 7.11 Å². The smallest absolute Gasteiger partial charge is 0.163 e. The van der Waals surface area contributed by atoms with E-state index < -0.39 is 5.79 Å². The van der Waals surface area contributed by atoms with Gasteiger partial charge in [0.25, 0.3) is 0 Å². The zero-order valence-corrected chi connectivity index (χ0v) is 15.5. The third-order valence-electron chi connectivity index (χ3n) is 4.43. The predicted octanol–water partition coefficient (Wildman–Crippen LogP) is 4.33. The minimum Gasteiger partial charge on any atom is -0.497 e. The van der Waals surface area contributed by atoms with Crippen LogP contribution in [0.25, 0.3) is 0 Å². The van der Waals surface area contributed by atoms with Gasteiger partial charge in [0, 0.05) is 12.3 Å². The van der Waals surface area contributed by atoms with Gasteiger partial charge in [0.15, 0.2) is 5.79 Å². The van der Waals surface area contributed by atoms with E-state index in [-0.39, 0.29) is 17.6 Å². The van der Waals surface area contributed by atoms with E-state index in [0.29, 0.717) is 13.2 Å². The molecule has 4 nitrogen and oxygen atoms in total. The molecule has 0 N–H and O–H groups in total. The van der Waals surface area contributed by atoms with Gasteiger partial charge in [-0.3, -0.25) is 0 Å². The summed E-state index contributed by atoms with van der Waals surface area (Å²) in [6, 6.07) is 7.94. The molecule has 1 aromatic rings. The Kier molecular flexibility index (Phi) is 6.07. The van der Waals surface area contributed by atoms with Gasteiger partial charge in [0.2, 0.25) is 0 Å². The summed E-state index contributed by atoms with van der Waals surface area (Å²) in [5.74, 6) is 0.542. The van der Waals surface area contributed by atoms with Gasteiger partial charge in [-0.25, -0.2) is 0 Å². The first-order chi connectivity index (χ1) is 11.3. The number of rotatable bonds is 8. The van der Waals surface area contributed by atoms with Crippen molar-refractivity contribution in [2.24, 2.45) is 5.92 Å². The van der Waals surface area contributed by atoms with Crippen molar-refractivity contribution < 1.29 is 18.9 Å². The van der Waals surface area contributed by atoms with Gasteiger partial charge in [-0.15, -0.1) is 6.58 Å². The average Bonchev–Trinajstić information content (AvgIpc) is 2.84. The lowest BCUT2D eigenvalue weighted by molar-refractivity contribution is -0.166. The molecule has 4 heteroatoms. The molecule has 1 saturated heterocycles. The highest BCUT2D eigenvalue weighted by molar-refractivity contribution is 5.26. The van der Waals surface area contributed by atoms with E-state index in [1.807, 2.05) is 44.2 Å². The van der Waals surface area contributed by atoms with Crippen molar-refractivity contribution in [3.05, 3.63) is 42.5 Å². The van der Waals surface area contributed by atoms with E-state index in [1.165, 1.54) is 0 Å². The van der Waals surface area contributed by atoms with Crippen LogP contribution in [0.15, 0.2) is 36.9 Å². The van der Waals surface area contributed by atoms with Crippen molar-refractivity contribution in [1.29, 1.82) is 0 Å². The van der Waals surface area contributed by atoms with Crippen molar-refractivity contribution in [2.45, 2.75) is 58.2 Å². The van der Waals surface area contributed by atoms with Crippen LogP contribution in [0.5, 0.6) is 5.75 Å². The first kappa shape index (κ1) is 19.0. The van der Waals surface area contributed by atoms with Gasteiger partial charge in [0.1, 0.15) is 5.75 Å². The van der Waals surface area contributed by atoms with Crippen LogP contribution >= 0.6 is 0 Å². The lowest BCUT2D eigenvalue weighted by Crippen LogP contribution is -2.37. The largest absolute Gasteiger partial charge is 0.497 e. The number of hydrogen-bond acceptors (Lipinski definition) is 4. The Hall–Kier alpha value is -1.36. The van der Waals surface area contributed by atoms with E-state index in [4.69, 9.17) is 18.9 Å². The Balaban J connectivity index is 1.99. The van der Waals surface area contributed by atoms with Gasteiger partial charge < -0.3 is 18.9 Å². The van der Waals surface area contributed by atoms with Gasteiger partial charge in [-0.1, -0.05) is 25.1 Å². The Morgan fingerprint density at radius 1 is 1.25 bits per heavy atom. The molecule has 1 aliphatic rings. The topological polar surface area (TPSA) is 36.9 Å². The normalized spacial score (nSPS) is 25.2. The average molecular weight is 334 g/mol. The number of methoxy groups -OCH3 is 1. The van der Waals surface area contributed by atoms with Gasteiger partial charge >= 0.3 is 0 Å². The molecule has 0 bridgehead atoms. The number of benzene rings is 1. The molecule has 0 radical (unpaired) electrons. The Bertz CT molecular complexity index is 537. The standard InChI is InChI=1S/C20H30O4/c1-7-15(2)18(12-20(5)14-23-19(3,4)24-20)22-13-16-8-10-17(21-6)11-9-16/h7-11,15,18H,1,12-14H2,2-6H3/t15-,18+,20+/m1/s1. The summed E-state index contributed by atoms with van der Waals surface area (Å²) < 4.78 is 23.2. The summed E-state index contributed by atoms with van der Waals surface area (Å²) in [5, 5.41) is 0. The molecule has 2 rings (SSSR count). The van der Waals surface area contributed by atoms with Crippen LogP contribution in [0.1, 0.15) is 39.7 Å². The first-order valence-corrected chi connectivity index (χ1v) is 8.48. The van der Waals surface area contributed by atoms with E-state index >= 15 is 0 Å². The molecule has 0 spiro atoms. The number of ether oxygens (including phenoxy) is 4. The van der Waals surface area contributed by atoms with E-state index in [0.717, 1.165) is 17.7 Å². The fourth-order valence-electron chi connectivity index (χ4n) is 2.98. The second kappa shape index (κ2) is 7.68. The molecular formula is C20H30O4. The van der Waals surface area contributed by atoms with Crippen molar-refractivity contribution >= 4 is 0 Å². The summed E-state index contributed by atoms with van der Waals surface area (Å²) in [4.78, 5) is 0. The Morgan fingerprint density at radius 2 is 1.92 bits per heavy atom. The summed E-state index contributed by atoms with van der Waals surface area (Å²) in [5.41, 5.74) is 0.775. The van der Waals surface area contributed by atoms with Crippen LogP contribution in [-0.4, -0.2) is 31.2 Å². The van der Waals surface area contributed by atoms with Crippen molar-refractivity contribution in [3.8, 4) is 5.75 Å². The summed E-state index contributed by atoms with van der Waals surface area (Å²) >= 11 is 0. The molecule has 1 fully saturated rings. The highest BCUT2D eigenvalue weighted by Crippen LogP contribution is 2.36. The molecule has 0 aliphatic carbocycles. The minimum atomic E-state index is -0.535. The van der Waals surface area contributed by atoms with Crippen LogP contribution in [0.3, 0.4) is 0 Å². The van der Waals surface area contributed by atoms with E-state index in [9.17, 15) is 0 Å². The minimum absolute atomic E-state index is 0.0205. The summed E-state index contributed by atoms with van der Waals surface area (Å²) in [7, 11) is 1.67. The fraction of sp³-hybridized carbons (Fsp3) is 0.600. The van der Waals surface area contributed by atoms with Gasteiger partial charge in [-0.05, 0) is 38.5 Å². The molecule has 0 saturated carbocycles. The quantitative estimate of drug-likeness (QED) is 0.663. The van der Waals surface area contributed by atoms with Crippen molar-refractivity contribution in [3.63, 3.8) is 0 Å². The molecular weight excluding hydrogens is 304 g/mol. The highest BCUT2D eigenvalue weighted by Gasteiger charge is 2.43. The van der Waals surface area contributed by atoms with Gasteiger partial charge in [0.05, 0.1) is 32.0 Å². The Morgan fingerprint density at radius 3 is 2.42 bits per heavy atom. The maximum absolute atomic E-state index is 6.20. The van der Waals surface area contributed by atoms with Crippen molar-refractivity contribution in [1.82, 2.24) is 0 Å². The third-order valence-corrected chi connectivity index (χ3v) is 4.43. The van der Waals surface area contributed by atoms with Crippen LogP contribution in [0.4, 0.5) is 0 Å². The zero-order chi connectivity index (χ0) is 17.8. The van der Waals surface area contributed by atoms with Crippen LogP contribution in [-0.2, 0) is 20.8 Å². The van der Waals surface area contributed by atoms with Crippen LogP contribution in [0.2, 0.25) is 0 Å². The van der Waals surface area contributed by atoms with E-state index in [2.05, 4.69) is 20.4 Å². The van der Waals surface area contributed by atoms with Crippen LogP contribution < -0.4 is 4.74 Å². The molecule has 3 atom stereocenters. The van der Waals surface area contributed by atoms with Crippen LogP contribution in [0, 0.1) is 5.92 Å². The number of hydrogen-bond donors (Lipinski definition) is 0. The lowest BCUT2D eigenvalue weighted by Gasteiger charge is -2.31. The maximum atomic E-state index is 6.20. The van der Waals surface area contributed by atoms with Crippen molar-refractivity contribution in [2.75, 3.05) is 13.7 Å². The third kappa shape index (κ3) is 5.07. The molecule has 134 valence electrons. The Labute approximate surface area is 145 Å². The maximum Gasteiger partial charge on any atom is 0.163 e. The predicted molar refractivity (Wildman–Crippen MR) is 95.1 cm³/mol. The SMILES string of the molecule is C=C[C@@H](C)[C@H](C[C@@]1(C)COC(C)(C)O1)OCc1ccc(OC)cc1. The molecule has 0 unspecified atom stereocenters. The molecule has 1 aromatic carbocycles. The second-order valence-electron chi connectivity index (χ2n) is 7.24. The zero-order valence-electron chi connectivity index (χ0n) is 15.5. The highest BCUT2D eigenvalue weighted by atomic mass is 16.8. The lowest BCUT2D eigenvalue weighted by atomic mass is 9.92. The fourth-order valence-corrected chi connectivity index (χ4v) is 2.98. The summed E-state index contributed by atoms with van der Waals surface area (Å²) in [6.45, 7) is 13.1. The molecule has 1 heterocycles.